The number of hydrogen-bond acceptors (Lipinski definition) is 3. The van der Waals surface area contributed by atoms with Gasteiger partial charge in [-0.25, -0.2) is 0 Å². The average Bonchev–Trinajstić information content (AvgIpc) is 2.53. The van der Waals surface area contributed by atoms with Crippen LogP contribution in [-0.2, 0) is 0 Å². The molecule has 0 radical (unpaired) electrons. The number of aromatic nitrogens is 1. The minimum Gasteiger partial charge on any atom is -0.492 e. The van der Waals surface area contributed by atoms with Gasteiger partial charge in [-0.2, -0.15) is 0 Å². The Balaban J connectivity index is 1.92. The molecule has 0 atom stereocenters. The summed E-state index contributed by atoms with van der Waals surface area (Å²) in [6, 6.07) is 3.85. The van der Waals surface area contributed by atoms with Gasteiger partial charge in [0, 0.05) is 18.0 Å². The third kappa shape index (κ3) is 3.70. The summed E-state index contributed by atoms with van der Waals surface area (Å²) in [4.78, 5) is 4.16. The van der Waals surface area contributed by atoms with Gasteiger partial charge in [-0.3, -0.25) is 4.98 Å². The molecule has 0 unspecified atom stereocenters. The van der Waals surface area contributed by atoms with Crippen LogP contribution in [0.3, 0.4) is 0 Å². The summed E-state index contributed by atoms with van der Waals surface area (Å²) in [6.45, 7) is 2.59. The molecule has 3 nitrogen and oxygen atoms in total. The Bertz CT molecular complexity index is 357. The number of pyridine rings is 1. The van der Waals surface area contributed by atoms with E-state index in [4.69, 9.17) is 10.5 Å². The number of hydrogen-bond donors (Lipinski definition) is 1. The van der Waals surface area contributed by atoms with E-state index in [1.807, 2.05) is 19.1 Å². The molecule has 1 saturated carbocycles. The molecule has 0 saturated heterocycles. The predicted molar refractivity (Wildman–Crippen MR) is 69.1 cm³/mol. The fraction of sp³-hybridized carbons (Fsp3) is 0.643. The van der Waals surface area contributed by atoms with Crippen LogP contribution in [0.15, 0.2) is 18.3 Å². The first-order chi connectivity index (χ1) is 8.18. The maximum absolute atomic E-state index is 6.40. The van der Waals surface area contributed by atoms with E-state index in [2.05, 4.69) is 4.98 Å². The molecule has 3 heteroatoms. The Morgan fingerprint density at radius 2 is 2.00 bits per heavy atom. The smallest absolute Gasteiger partial charge is 0.122 e. The largest absolute Gasteiger partial charge is 0.492 e. The number of rotatable bonds is 3. The van der Waals surface area contributed by atoms with Crippen molar-refractivity contribution in [2.75, 3.05) is 6.61 Å². The second-order valence-electron chi connectivity index (χ2n) is 5.20. The van der Waals surface area contributed by atoms with E-state index in [9.17, 15) is 0 Å². The molecule has 1 aliphatic carbocycles. The first-order valence-electron chi connectivity index (χ1n) is 6.52. The lowest BCUT2D eigenvalue weighted by Gasteiger charge is -2.27. The first kappa shape index (κ1) is 12.4. The van der Waals surface area contributed by atoms with Crippen LogP contribution in [0.1, 0.15) is 44.2 Å². The van der Waals surface area contributed by atoms with Gasteiger partial charge in [0.1, 0.15) is 12.4 Å². The zero-order valence-electron chi connectivity index (χ0n) is 10.6. The number of nitrogens with zero attached hydrogens (tertiary/aromatic N) is 1. The first-order valence-corrected chi connectivity index (χ1v) is 6.52. The van der Waals surface area contributed by atoms with Gasteiger partial charge >= 0.3 is 0 Å². The Kier molecular flexibility index (Phi) is 4.00. The van der Waals surface area contributed by atoms with Crippen LogP contribution in [0.2, 0.25) is 0 Å². The second kappa shape index (κ2) is 5.50. The minimum absolute atomic E-state index is 0.131. The molecule has 1 fully saturated rings. The van der Waals surface area contributed by atoms with Gasteiger partial charge in [0.05, 0.1) is 5.54 Å². The molecule has 2 rings (SSSR count). The maximum atomic E-state index is 6.40. The normalized spacial score (nSPS) is 19.6. The Hall–Kier alpha value is -1.09. The van der Waals surface area contributed by atoms with Gasteiger partial charge in [-0.1, -0.05) is 25.7 Å². The number of ether oxygens (including phenoxy) is 1. The van der Waals surface area contributed by atoms with Crippen molar-refractivity contribution in [2.45, 2.75) is 51.0 Å². The Morgan fingerprint density at radius 3 is 2.65 bits per heavy atom. The van der Waals surface area contributed by atoms with Crippen LogP contribution in [0.5, 0.6) is 5.75 Å². The van der Waals surface area contributed by atoms with E-state index in [-0.39, 0.29) is 5.54 Å². The van der Waals surface area contributed by atoms with E-state index in [1.54, 1.807) is 6.20 Å². The van der Waals surface area contributed by atoms with Gasteiger partial charge < -0.3 is 10.5 Å². The Morgan fingerprint density at radius 1 is 1.29 bits per heavy atom. The van der Waals surface area contributed by atoms with Crippen molar-refractivity contribution in [1.82, 2.24) is 4.98 Å². The van der Waals surface area contributed by atoms with E-state index >= 15 is 0 Å². The SMILES string of the molecule is Cc1cc(OCC2(N)CCCCCC2)ccn1. The molecule has 1 aromatic heterocycles. The van der Waals surface area contributed by atoms with Crippen LogP contribution in [-0.4, -0.2) is 17.1 Å². The summed E-state index contributed by atoms with van der Waals surface area (Å²) in [5.41, 5.74) is 7.25. The molecule has 1 aromatic rings. The van der Waals surface area contributed by atoms with E-state index < -0.39 is 0 Å². The molecule has 0 amide bonds. The van der Waals surface area contributed by atoms with Crippen molar-refractivity contribution in [2.24, 2.45) is 5.73 Å². The third-order valence-electron chi connectivity index (χ3n) is 3.49. The molecule has 0 aromatic carbocycles. The fourth-order valence-corrected chi connectivity index (χ4v) is 2.41. The van der Waals surface area contributed by atoms with Crippen LogP contribution < -0.4 is 10.5 Å². The van der Waals surface area contributed by atoms with E-state index in [1.165, 1.54) is 25.7 Å². The highest BCUT2D eigenvalue weighted by atomic mass is 16.5. The molecular weight excluding hydrogens is 212 g/mol. The van der Waals surface area contributed by atoms with Crippen molar-refractivity contribution in [3.05, 3.63) is 24.0 Å². The monoisotopic (exact) mass is 234 g/mol. The van der Waals surface area contributed by atoms with Crippen LogP contribution >= 0.6 is 0 Å². The van der Waals surface area contributed by atoms with Crippen molar-refractivity contribution in [3.63, 3.8) is 0 Å². The molecule has 0 bridgehead atoms. The van der Waals surface area contributed by atoms with Gasteiger partial charge in [-0.05, 0) is 25.8 Å². The lowest BCUT2D eigenvalue weighted by molar-refractivity contribution is 0.199. The zero-order chi connectivity index (χ0) is 12.1. The van der Waals surface area contributed by atoms with Crippen LogP contribution in [0, 0.1) is 6.92 Å². The molecule has 1 aliphatic rings. The van der Waals surface area contributed by atoms with Crippen molar-refractivity contribution >= 4 is 0 Å². The molecule has 17 heavy (non-hydrogen) atoms. The minimum atomic E-state index is -0.131. The highest BCUT2D eigenvalue weighted by Crippen LogP contribution is 2.25. The summed E-state index contributed by atoms with van der Waals surface area (Å²) < 4.78 is 5.82. The van der Waals surface area contributed by atoms with Gasteiger partial charge in [-0.15, -0.1) is 0 Å². The predicted octanol–water partition coefficient (Wildman–Crippen LogP) is 2.82. The topological polar surface area (TPSA) is 48.1 Å². The van der Waals surface area contributed by atoms with Crippen LogP contribution in [0.4, 0.5) is 0 Å². The lowest BCUT2D eigenvalue weighted by Crippen LogP contribution is -2.45. The number of aryl methyl sites for hydroxylation is 1. The number of nitrogens with two attached hydrogens (primary N) is 1. The summed E-state index contributed by atoms with van der Waals surface area (Å²) in [6.07, 6.45) is 9.03. The van der Waals surface area contributed by atoms with Gasteiger partial charge in [0.25, 0.3) is 0 Å². The molecule has 1 heterocycles. The molecule has 2 N–H and O–H groups in total. The summed E-state index contributed by atoms with van der Waals surface area (Å²) in [5.74, 6) is 0.881. The summed E-state index contributed by atoms with van der Waals surface area (Å²) in [5, 5.41) is 0. The van der Waals surface area contributed by atoms with Crippen molar-refractivity contribution < 1.29 is 4.74 Å². The maximum Gasteiger partial charge on any atom is 0.122 e. The highest BCUT2D eigenvalue weighted by Gasteiger charge is 2.26. The van der Waals surface area contributed by atoms with Crippen molar-refractivity contribution in [3.8, 4) is 5.75 Å². The molecule has 94 valence electrons. The van der Waals surface area contributed by atoms with E-state index in [0.29, 0.717) is 6.61 Å². The van der Waals surface area contributed by atoms with Crippen molar-refractivity contribution in [1.29, 1.82) is 0 Å². The fourth-order valence-electron chi connectivity index (χ4n) is 2.41. The van der Waals surface area contributed by atoms with Crippen LogP contribution in [0.25, 0.3) is 0 Å². The summed E-state index contributed by atoms with van der Waals surface area (Å²) in [7, 11) is 0. The van der Waals surface area contributed by atoms with E-state index in [0.717, 1.165) is 24.3 Å². The summed E-state index contributed by atoms with van der Waals surface area (Å²) >= 11 is 0. The standard InChI is InChI=1S/C14H22N2O/c1-12-10-13(6-9-16-12)17-11-14(15)7-4-2-3-5-8-14/h6,9-10H,2-5,7-8,11,15H2,1H3. The quantitative estimate of drug-likeness (QED) is 0.818. The average molecular weight is 234 g/mol. The second-order valence-corrected chi connectivity index (χ2v) is 5.20. The van der Waals surface area contributed by atoms with Gasteiger partial charge in [0.15, 0.2) is 0 Å². The Labute approximate surface area is 103 Å². The highest BCUT2D eigenvalue weighted by molar-refractivity contribution is 5.21. The molecular formula is C14H22N2O. The lowest BCUT2D eigenvalue weighted by atomic mass is 9.92. The van der Waals surface area contributed by atoms with Gasteiger partial charge in [0.2, 0.25) is 0 Å². The zero-order valence-corrected chi connectivity index (χ0v) is 10.6. The third-order valence-corrected chi connectivity index (χ3v) is 3.49. The molecule has 0 spiro atoms. The molecule has 0 aliphatic heterocycles.